The molecule has 29 heavy (non-hydrogen) atoms. The number of nitrogens with one attached hydrogen (secondary N) is 2. The maximum absolute atomic E-state index is 12.8. The van der Waals surface area contributed by atoms with E-state index in [0.29, 0.717) is 60.8 Å². The second kappa shape index (κ2) is 10.2. The van der Waals surface area contributed by atoms with Crippen molar-refractivity contribution in [1.82, 2.24) is 5.32 Å². The summed E-state index contributed by atoms with van der Waals surface area (Å²) in [6, 6.07) is 12.3. The van der Waals surface area contributed by atoms with Crippen molar-refractivity contribution in [3.8, 4) is 5.75 Å². The summed E-state index contributed by atoms with van der Waals surface area (Å²) in [4.78, 5) is 12.8. The van der Waals surface area contributed by atoms with Gasteiger partial charge in [-0.3, -0.25) is 0 Å². The Hall–Kier alpha value is -1.99. The van der Waals surface area contributed by atoms with Crippen molar-refractivity contribution in [3.05, 3.63) is 58.1 Å². The number of ether oxygens (including phenoxy) is 3. The number of rotatable bonds is 7. The number of amides is 2. The van der Waals surface area contributed by atoms with E-state index in [1.807, 2.05) is 24.3 Å². The van der Waals surface area contributed by atoms with E-state index in [4.69, 9.17) is 37.4 Å². The van der Waals surface area contributed by atoms with Gasteiger partial charge in [0.15, 0.2) is 0 Å². The van der Waals surface area contributed by atoms with Crippen LogP contribution in [0.2, 0.25) is 10.0 Å². The molecule has 0 bridgehead atoms. The number of hydrogen-bond donors (Lipinski definition) is 2. The average molecular weight is 439 g/mol. The number of halogens is 2. The first-order chi connectivity index (χ1) is 14.0. The summed E-state index contributed by atoms with van der Waals surface area (Å²) in [5, 5.41) is 7.05. The average Bonchev–Trinajstić information content (AvgIpc) is 2.71. The van der Waals surface area contributed by atoms with Gasteiger partial charge in [0.25, 0.3) is 0 Å². The first kappa shape index (κ1) is 21.7. The first-order valence-electron chi connectivity index (χ1n) is 9.37. The third-order valence-corrected chi connectivity index (χ3v) is 5.38. The van der Waals surface area contributed by atoms with Crippen molar-refractivity contribution in [2.75, 3.05) is 38.9 Å². The summed E-state index contributed by atoms with van der Waals surface area (Å²) >= 11 is 12.3. The van der Waals surface area contributed by atoms with Gasteiger partial charge in [-0.05, 0) is 48.7 Å². The molecule has 8 heteroatoms. The van der Waals surface area contributed by atoms with E-state index in [9.17, 15) is 4.79 Å². The molecule has 0 aliphatic carbocycles. The maximum Gasteiger partial charge on any atom is 0.319 e. The number of anilines is 1. The fourth-order valence-corrected chi connectivity index (χ4v) is 3.65. The highest BCUT2D eigenvalue weighted by Gasteiger charge is 2.36. The lowest BCUT2D eigenvalue weighted by Crippen LogP contribution is -2.50. The van der Waals surface area contributed by atoms with Crippen molar-refractivity contribution < 1.29 is 19.0 Å². The molecule has 0 radical (unpaired) electrons. The summed E-state index contributed by atoms with van der Waals surface area (Å²) < 4.78 is 16.0. The predicted octanol–water partition coefficient (Wildman–Crippen LogP) is 4.85. The highest BCUT2D eigenvalue weighted by atomic mass is 35.5. The monoisotopic (exact) mass is 438 g/mol. The number of carbonyl (C=O) groups excluding carboxylic acids is 1. The van der Waals surface area contributed by atoms with E-state index >= 15 is 0 Å². The van der Waals surface area contributed by atoms with Gasteiger partial charge in [0.2, 0.25) is 0 Å². The molecule has 1 saturated heterocycles. The molecule has 0 unspecified atom stereocenters. The molecule has 0 atom stereocenters. The largest absolute Gasteiger partial charge is 0.490 e. The SMILES string of the molecule is COCCOc1ccc(NC(=O)NC2(c3ccc(Cl)cc3)CCOCC2)cc1Cl. The molecule has 2 amide bonds. The Morgan fingerprint density at radius 2 is 1.83 bits per heavy atom. The third-order valence-electron chi connectivity index (χ3n) is 4.83. The van der Waals surface area contributed by atoms with Gasteiger partial charge in [-0.15, -0.1) is 0 Å². The van der Waals surface area contributed by atoms with Crippen LogP contribution >= 0.6 is 23.2 Å². The second-order valence-corrected chi connectivity index (χ2v) is 7.61. The van der Waals surface area contributed by atoms with Crippen molar-refractivity contribution in [2.45, 2.75) is 18.4 Å². The van der Waals surface area contributed by atoms with Gasteiger partial charge in [-0.25, -0.2) is 4.79 Å². The van der Waals surface area contributed by atoms with E-state index in [-0.39, 0.29) is 6.03 Å². The molecular formula is C21H24Cl2N2O4. The van der Waals surface area contributed by atoms with Gasteiger partial charge in [0.05, 0.1) is 17.2 Å². The van der Waals surface area contributed by atoms with Crippen LogP contribution in [0, 0.1) is 0 Å². The van der Waals surface area contributed by atoms with Gasteiger partial charge in [-0.1, -0.05) is 35.3 Å². The number of benzene rings is 2. The molecule has 1 aliphatic heterocycles. The lowest BCUT2D eigenvalue weighted by Gasteiger charge is -2.38. The summed E-state index contributed by atoms with van der Waals surface area (Å²) in [6.07, 6.45) is 1.35. The van der Waals surface area contributed by atoms with Gasteiger partial charge >= 0.3 is 6.03 Å². The van der Waals surface area contributed by atoms with Crippen LogP contribution < -0.4 is 15.4 Å². The fourth-order valence-electron chi connectivity index (χ4n) is 3.28. The molecule has 2 aromatic carbocycles. The summed E-state index contributed by atoms with van der Waals surface area (Å²) in [5.74, 6) is 0.539. The Balaban J connectivity index is 1.69. The predicted molar refractivity (Wildman–Crippen MR) is 114 cm³/mol. The number of carbonyl (C=O) groups is 1. The van der Waals surface area contributed by atoms with E-state index in [1.54, 1.807) is 25.3 Å². The molecule has 1 fully saturated rings. The minimum Gasteiger partial charge on any atom is -0.490 e. The number of methoxy groups -OCH3 is 1. The van der Waals surface area contributed by atoms with Gasteiger partial charge in [0, 0.05) is 31.0 Å². The smallest absolute Gasteiger partial charge is 0.319 e. The van der Waals surface area contributed by atoms with Crippen LogP contribution in [0.15, 0.2) is 42.5 Å². The Morgan fingerprint density at radius 3 is 2.48 bits per heavy atom. The molecule has 2 aromatic rings. The molecule has 6 nitrogen and oxygen atoms in total. The molecule has 156 valence electrons. The van der Waals surface area contributed by atoms with Crippen LogP contribution in [0.4, 0.5) is 10.5 Å². The van der Waals surface area contributed by atoms with Crippen molar-refractivity contribution in [3.63, 3.8) is 0 Å². The second-order valence-electron chi connectivity index (χ2n) is 6.77. The minimum atomic E-state index is -0.514. The van der Waals surface area contributed by atoms with E-state index in [2.05, 4.69) is 10.6 Å². The number of hydrogen-bond acceptors (Lipinski definition) is 4. The van der Waals surface area contributed by atoms with E-state index < -0.39 is 5.54 Å². The first-order valence-corrected chi connectivity index (χ1v) is 10.1. The quantitative estimate of drug-likeness (QED) is 0.606. The Kier molecular flexibility index (Phi) is 7.61. The zero-order valence-electron chi connectivity index (χ0n) is 16.2. The standard InChI is InChI=1S/C21H24Cl2N2O4/c1-27-12-13-29-19-7-6-17(14-18(19)23)24-20(26)25-21(8-10-28-11-9-21)15-2-4-16(22)5-3-15/h2-7,14H,8-13H2,1H3,(H2,24,25,26). The van der Waals surface area contributed by atoms with Crippen LogP contribution in [-0.4, -0.2) is 39.6 Å². The molecule has 0 spiro atoms. The molecule has 3 rings (SSSR count). The van der Waals surface area contributed by atoms with Crippen LogP contribution in [0.25, 0.3) is 0 Å². The Labute approximate surface area is 180 Å². The van der Waals surface area contributed by atoms with Crippen LogP contribution in [0.1, 0.15) is 18.4 Å². The van der Waals surface area contributed by atoms with Crippen molar-refractivity contribution in [1.29, 1.82) is 0 Å². The van der Waals surface area contributed by atoms with Crippen molar-refractivity contribution in [2.24, 2.45) is 0 Å². The Bertz CT molecular complexity index is 824. The van der Waals surface area contributed by atoms with Gasteiger partial charge in [-0.2, -0.15) is 0 Å². The highest BCUT2D eigenvalue weighted by molar-refractivity contribution is 6.32. The van der Waals surface area contributed by atoms with Crippen LogP contribution in [0.5, 0.6) is 5.75 Å². The normalized spacial score (nSPS) is 15.6. The molecular weight excluding hydrogens is 415 g/mol. The third kappa shape index (κ3) is 5.76. The lowest BCUT2D eigenvalue weighted by molar-refractivity contribution is 0.0418. The van der Waals surface area contributed by atoms with Gasteiger partial charge in [0.1, 0.15) is 12.4 Å². The Morgan fingerprint density at radius 1 is 1.10 bits per heavy atom. The summed E-state index contributed by atoms with van der Waals surface area (Å²) in [5.41, 5.74) is 1.06. The molecule has 2 N–H and O–H groups in total. The van der Waals surface area contributed by atoms with Crippen LogP contribution in [0.3, 0.4) is 0 Å². The fraction of sp³-hybridized carbons (Fsp3) is 0.381. The van der Waals surface area contributed by atoms with Crippen molar-refractivity contribution >= 4 is 34.9 Å². The molecule has 1 heterocycles. The molecule has 0 saturated carbocycles. The summed E-state index contributed by atoms with van der Waals surface area (Å²) in [7, 11) is 1.60. The van der Waals surface area contributed by atoms with E-state index in [0.717, 1.165) is 5.56 Å². The molecule has 0 aromatic heterocycles. The zero-order valence-corrected chi connectivity index (χ0v) is 17.7. The van der Waals surface area contributed by atoms with Gasteiger partial charge < -0.3 is 24.8 Å². The topological polar surface area (TPSA) is 68.8 Å². The van der Waals surface area contributed by atoms with Crippen LogP contribution in [-0.2, 0) is 15.0 Å². The minimum absolute atomic E-state index is 0.314. The maximum atomic E-state index is 12.8. The summed E-state index contributed by atoms with van der Waals surface area (Å²) in [6.45, 7) is 2.01. The number of urea groups is 1. The lowest BCUT2D eigenvalue weighted by atomic mass is 9.83. The highest BCUT2D eigenvalue weighted by Crippen LogP contribution is 2.33. The molecule has 1 aliphatic rings. The van der Waals surface area contributed by atoms with E-state index in [1.165, 1.54) is 0 Å². The zero-order chi connectivity index (χ0) is 20.7.